The minimum Gasteiger partial charge on any atom is -0.207 e. The number of sulfonamides is 1. The summed E-state index contributed by atoms with van der Waals surface area (Å²) in [5.41, 5.74) is 0.233. The highest BCUT2D eigenvalue weighted by Gasteiger charge is 2.23. The van der Waals surface area contributed by atoms with Crippen LogP contribution in [-0.2, 0) is 10.0 Å². The van der Waals surface area contributed by atoms with Crippen LogP contribution in [0.2, 0.25) is 0 Å². The molecule has 1 rings (SSSR count). The largest absolute Gasteiger partial charge is 0.241 e. The van der Waals surface area contributed by atoms with Crippen molar-refractivity contribution in [1.29, 1.82) is 0 Å². The predicted molar refractivity (Wildman–Crippen MR) is 75.8 cm³/mol. The van der Waals surface area contributed by atoms with E-state index in [1.165, 1.54) is 0 Å². The first-order valence-electron chi connectivity index (χ1n) is 6.06. The average molecular weight is 267 g/mol. The maximum atomic E-state index is 12.3. The van der Waals surface area contributed by atoms with E-state index in [0.717, 1.165) is 12.0 Å². The summed E-state index contributed by atoms with van der Waals surface area (Å²) in [6.07, 6.45) is 4.67. The molecule has 0 spiro atoms. The normalized spacial score (nSPS) is 13.1. The zero-order valence-electron chi connectivity index (χ0n) is 11.4. The van der Waals surface area contributed by atoms with E-state index in [-0.39, 0.29) is 0 Å². The molecule has 3 nitrogen and oxygen atoms in total. The van der Waals surface area contributed by atoms with E-state index in [4.69, 9.17) is 0 Å². The molecular formula is C14H21NO2S. The minimum absolute atomic E-state index is 0.324. The molecule has 0 aromatic heterocycles. The highest BCUT2D eigenvalue weighted by Crippen LogP contribution is 2.19. The van der Waals surface area contributed by atoms with Gasteiger partial charge in [-0.25, -0.2) is 13.1 Å². The number of benzene rings is 1. The number of allylic oxidation sites excluding steroid dienone is 1. The SMILES string of the molecule is CCC=Cc1ccccc1S(=O)(=O)NC(C)(C)C. The molecule has 0 saturated carbocycles. The quantitative estimate of drug-likeness (QED) is 0.910. The average Bonchev–Trinajstić information content (AvgIpc) is 2.23. The van der Waals surface area contributed by atoms with E-state index in [0.29, 0.717) is 4.90 Å². The Morgan fingerprint density at radius 1 is 1.22 bits per heavy atom. The summed E-state index contributed by atoms with van der Waals surface area (Å²) >= 11 is 0. The molecule has 1 aromatic carbocycles. The number of nitrogens with one attached hydrogen (secondary N) is 1. The zero-order valence-corrected chi connectivity index (χ0v) is 12.2. The van der Waals surface area contributed by atoms with Crippen LogP contribution in [0.3, 0.4) is 0 Å². The van der Waals surface area contributed by atoms with Crippen LogP contribution in [0.25, 0.3) is 6.08 Å². The Labute approximate surface area is 110 Å². The first-order chi connectivity index (χ1) is 8.26. The highest BCUT2D eigenvalue weighted by atomic mass is 32.2. The molecule has 0 unspecified atom stereocenters. The van der Waals surface area contributed by atoms with Gasteiger partial charge in [-0.2, -0.15) is 0 Å². The third kappa shape index (κ3) is 4.27. The molecule has 0 saturated heterocycles. The Hall–Kier alpha value is -1.13. The maximum absolute atomic E-state index is 12.3. The summed E-state index contributed by atoms with van der Waals surface area (Å²) in [6.45, 7) is 7.50. The lowest BCUT2D eigenvalue weighted by atomic mass is 10.1. The van der Waals surface area contributed by atoms with Crippen molar-refractivity contribution in [2.24, 2.45) is 0 Å². The molecule has 18 heavy (non-hydrogen) atoms. The molecule has 0 aliphatic heterocycles. The fourth-order valence-electron chi connectivity index (χ4n) is 1.57. The Bertz CT molecular complexity index is 525. The van der Waals surface area contributed by atoms with Gasteiger partial charge < -0.3 is 0 Å². The number of hydrogen-bond acceptors (Lipinski definition) is 2. The summed E-state index contributed by atoms with van der Waals surface area (Å²) in [4.78, 5) is 0.324. The lowest BCUT2D eigenvalue weighted by Crippen LogP contribution is -2.40. The third-order valence-corrected chi connectivity index (χ3v) is 4.01. The molecule has 0 fully saturated rings. The van der Waals surface area contributed by atoms with Gasteiger partial charge in [0.1, 0.15) is 0 Å². The molecule has 0 aliphatic rings. The van der Waals surface area contributed by atoms with Crippen LogP contribution in [0.5, 0.6) is 0 Å². The van der Waals surface area contributed by atoms with Gasteiger partial charge >= 0.3 is 0 Å². The van der Waals surface area contributed by atoms with Crippen LogP contribution in [0, 0.1) is 0 Å². The Morgan fingerprint density at radius 3 is 2.39 bits per heavy atom. The molecule has 0 bridgehead atoms. The number of rotatable bonds is 4. The van der Waals surface area contributed by atoms with Crippen LogP contribution < -0.4 is 4.72 Å². The second kappa shape index (κ2) is 5.67. The second-order valence-corrected chi connectivity index (χ2v) is 6.85. The van der Waals surface area contributed by atoms with Crippen molar-refractivity contribution in [2.75, 3.05) is 0 Å². The molecule has 0 radical (unpaired) electrons. The lowest BCUT2D eigenvalue weighted by molar-refractivity contribution is 0.491. The van der Waals surface area contributed by atoms with E-state index in [9.17, 15) is 8.42 Å². The summed E-state index contributed by atoms with van der Waals surface area (Å²) in [5, 5.41) is 0. The predicted octanol–water partition coefficient (Wildman–Crippen LogP) is 3.19. The minimum atomic E-state index is -3.48. The van der Waals surface area contributed by atoms with Gasteiger partial charge in [-0.05, 0) is 38.8 Å². The Morgan fingerprint density at radius 2 is 1.83 bits per heavy atom. The maximum Gasteiger partial charge on any atom is 0.241 e. The molecule has 0 amide bonds. The fourth-order valence-corrected chi connectivity index (χ4v) is 3.19. The molecule has 0 heterocycles. The van der Waals surface area contributed by atoms with E-state index in [1.54, 1.807) is 12.1 Å². The van der Waals surface area contributed by atoms with Crippen LogP contribution in [0.1, 0.15) is 39.7 Å². The summed E-state index contributed by atoms with van der Waals surface area (Å²) in [7, 11) is -3.48. The highest BCUT2D eigenvalue weighted by molar-refractivity contribution is 7.89. The van der Waals surface area contributed by atoms with Crippen molar-refractivity contribution in [2.45, 2.75) is 44.6 Å². The van der Waals surface area contributed by atoms with Gasteiger partial charge in [-0.1, -0.05) is 37.3 Å². The van der Waals surface area contributed by atoms with E-state index >= 15 is 0 Å². The molecule has 1 aromatic rings. The molecule has 1 N–H and O–H groups in total. The van der Waals surface area contributed by atoms with E-state index in [2.05, 4.69) is 4.72 Å². The molecule has 0 atom stereocenters. The van der Waals surface area contributed by atoms with Gasteiger partial charge in [0, 0.05) is 5.54 Å². The Balaban J connectivity index is 3.20. The van der Waals surface area contributed by atoms with Crippen molar-refractivity contribution < 1.29 is 8.42 Å². The first-order valence-corrected chi connectivity index (χ1v) is 7.54. The number of hydrogen-bond donors (Lipinski definition) is 1. The standard InChI is InChI=1S/C14H21NO2S/c1-5-6-9-12-10-7-8-11-13(12)18(16,17)15-14(2,3)4/h6-11,15H,5H2,1-4H3. The first kappa shape index (κ1) is 14.9. The van der Waals surface area contributed by atoms with Crippen molar-refractivity contribution in [1.82, 2.24) is 4.72 Å². The third-order valence-electron chi connectivity index (χ3n) is 2.18. The monoisotopic (exact) mass is 267 g/mol. The molecular weight excluding hydrogens is 246 g/mol. The summed E-state index contributed by atoms with van der Waals surface area (Å²) in [6, 6.07) is 7.01. The van der Waals surface area contributed by atoms with Gasteiger partial charge in [0.15, 0.2) is 0 Å². The summed E-state index contributed by atoms with van der Waals surface area (Å²) < 4.78 is 27.2. The van der Waals surface area contributed by atoms with Crippen LogP contribution in [-0.4, -0.2) is 14.0 Å². The van der Waals surface area contributed by atoms with E-state index < -0.39 is 15.6 Å². The smallest absolute Gasteiger partial charge is 0.207 e. The Kier molecular flexibility index (Phi) is 4.71. The van der Waals surface area contributed by atoms with Gasteiger partial charge in [-0.3, -0.25) is 0 Å². The van der Waals surface area contributed by atoms with Crippen molar-refractivity contribution in [3.63, 3.8) is 0 Å². The molecule has 4 heteroatoms. The second-order valence-electron chi connectivity index (χ2n) is 5.20. The van der Waals surface area contributed by atoms with Crippen LogP contribution in [0.4, 0.5) is 0 Å². The van der Waals surface area contributed by atoms with Crippen molar-refractivity contribution >= 4 is 16.1 Å². The van der Waals surface area contributed by atoms with Gasteiger partial charge in [0.2, 0.25) is 10.0 Å². The lowest BCUT2D eigenvalue weighted by Gasteiger charge is -2.21. The van der Waals surface area contributed by atoms with Crippen LogP contribution >= 0.6 is 0 Å². The fraction of sp³-hybridized carbons (Fsp3) is 0.429. The van der Waals surface area contributed by atoms with Gasteiger partial charge in [0.05, 0.1) is 4.90 Å². The van der Waals surface area contributed by atoms with E-state index in [1.807, 2.05) is 52.0 Å². The summed E-state index contributed by atoms with van der Waals surface area (Å²) in [5.74, 6) is 0. The van der Waals surface area contributed by atoms with Crippen molar-refractivity contribution in [3.8, 4) is 0 Å². The molecule has 100 valence electrons. The topological polar surface area (TPSA) is 46.2 Å². The zero-order chi connectivity index (χ0) is 13.8. The van der Waals surface area contributed by atoms with Crippen molar-refractivity contribution in [3.05, 3.63) is 35.9 Å². The van der Waals surface area contributed by atoms with Crippen LogP contribution in [0.15, 0.2) is 35.2 Å². The van der Waals surface area contributed by atoms with Gasteiger partial charge in [0.25, 0.3) is 0 Å². The molecule has 0 aliphatic carbocycles. The van der Waals surface area contributed by atoms with Gasteiger partial charge in [-0.15, -0.1) is 0 Å².